The summed E-state index contributed by atoms with van der Waals surface area (Å²) >= 11 is 0. The lowest BCUT2D eigenvalue weighted by Crippen LogP contribution is -2.39. The molecule has 1 aliphatic carbocycles. The summed E-state index contributed by atoms with van der Waals surface area (Å²) in [5.74, 6) is 0.780. The van der Waals surface area contributed by atoms with Crippen molar-refractivity contribution in [1.82, 2.24) is 14.6 Å². The Kier molecular flexibility index (Phi) is 3.82. The van der Waals surface area contributed by atoms with Crippen LogP contribution in [0.15, 0.2) is 17.3 Å². The third-order valence-electron chi connectivity index (χ3n) is 3.50. The summed E-state index contributed by atoms with van der Waals surface area (Å²) in [6.07, 6.45) is 3.37. The van der Waals surface area contributed by atoms with E-state index in [1.165, 1.54) is 10.7 Å². The molecular formula is C16H19N5O3. The quantitative estimate of drug-likeness (QED) is 0.635. The summed E-state index contributed by atoms with van der Waals surface area (Å²) in [5.41, 5.74) is 0.0364. The van der Waals surface area contributed by atoms with Crippen LogP contribution in [0, 0.1) is 0 Å². The van der Waals surface area contributed by atoms with E-state index in [0.29, 0.717) is 29.1 Å². The first kappa shape index (κ1) is 16.1. The summed E-state index contributed by atoms with van der Waals surface area (Å²) in [5, 5.41) is 4.19. The molecule has 0 bridgehead atoms. The fraction of sp³-hybridized carbons (Fsp3) is 0.438. The molecule has 0 radical (unpaired) electrons. The molecular weight excluding hydrogens is 310 g/mol. The fourth-order valence-electron chi connectivity index (χ4n) is 2.36. The summed E-state index contributed by atoms with van der Waals surface area (Å²) in [7, 11) is 0. The van der Waals surface area contributed by atoms with E-state index in [2.05, 4.69) is 21.8 Å². The Hall–Kier alpha value is -2.77. The number of rotatable bonds is 4. The molecule has 0 spiro atoms. The van der Waals surface area contributed by atoms with Crippen molar-refractivity contribution in [1.29, 1.82) is 0 Å². The minimum atomic E-state index is -0.617. The number of aromatic nitrogens is 3. The van der Waals surface area contributed by atoms with Gasteiger partial charge in [-0.15, -0.1) is 0 Å². The van der Waals surface area contributed by atoms with Crippen LogP contribution in [0.3, 0.4) is 0 Å². The maximum absolute atomic E-state index is 12.7. The van der Waals surface area contributed by atoms with Gasteiger partial charge in [-0.2, -0.15) is 9.61 Å². The van der Waals surface area contributed by atoms with Crippen LogP contribution in [0.2, 0.25) is 0 Å². The molecule has 8 nitrogen and oxygen atoms in total. The fourth-order valence-corrected chi connectivity index (χ4v) is 2.36. The van der Waals surface area contributed by atoms with Gasteiger partial charge in [-0.05, 0) is 40.3 Å². The molecule has 3 rings (SSSR count). The lowest BCUT2D eigenvalue weighted by molar-refractivity contribution is 0.0576. The van der Waals surface area contributed by atoms with E-state index in [-0.39, 0.29) is 6.04 Å². The highest BCUT2D eigenvalue weighted by Gasteiger charge is 2.38. The van der Waals surface area contributed by atoms with Crippen LogP contribution in [0.1, 0.15) is 44.0 Å². The molecule has 2 aromatic heterocycles. The van der Waals surface area contributed by atoms with Crippen molar-refractivity contribution in [3.05, 3.63) is 17.8 Å². The van der Waals surface area contributed by atoms with Gasteiger partial charge < -0.3 is 4.74 Å². The second-order valence-electron chi connectivity index (χ2n) is 6.67. The van der Waals surface area contributed by atoms with Crippen LogP contribution in [0.25, 0.3) is 5.65 Å². The van der Waals surface area contributed by atoms with E-state index < -0.39 is 11.7 Å². The van der Waals surface area contributed by atoms with Crippen LogP contribution in [0.5, 0.6) is 0 Å². The standard InChI is InChI=1S/C16H19N5O3/c1-16(2,3)24-15(23)20(11-5-6-11)13-7-12(17-4)19-14-10(9-22)8-18-21(13)14/h7-9,11H,4-6H2,1-3H3. The largest absolute Gasteiger partial charge is 0.443 e. The smallest absolute Gasteiger partial charge is 0.416 e. The molecule has 2 heterocycles. The average molecular weight is 329 g/mol. The Labute approximate surface area is 139 Å². The van der Waals surface area contributed by atoms with Crippen molar-refractivity contribution in [2.24, 2.45) is 4.99 Å². The number of fused-ring (bicyclic) bond motifs is 1. The van der Waals surface area contributed by atoms with E-state index in [1.54, 1.807) is 11.0 Å². The second kappa shape index (κ2) is 5.70. The Morgan fingerprint density at radius 1 is 1.50 bits per heavy atom. The molecule has 2 aromatic rings. The first-order valence-corrected chi connectivity index (χ1v) is 7.67. The van der Waals surface area contributed by atoms with Crippen LogP contribution in [-0.4, -0.2) is 45.3 Å². The minimum absolute atomic E-state index is 0.0343. The molecule has 1 fully saturated rings. The van der Waals surface area contributed by atoms with Crippen molar-refractivity contribution >= 4 is 36.4 Å². The molecule has 0 atom stereocenters. The first-order chi connectivity index (χ1) is 11.3. The predicted octanol–water partition coefficient (Wildman–Crippen LogP) is 2.78. The number of hydrogen-bond acceptors (Lipinski definition) is 6. The van der Waals surface area contributed by atoms with Gasteiger partial charge in [0.25, 0.3) is 0 Å². The topological polar surface area (TPSA) is 89.2 Å². The molecule has 8 heteroatoms. The molecule has 24 heavy (non-hydrogen) atoms. The van der Waals surface area contributed by atoms with E-state index in [1.807, 2.05) is 20.8 Å². The number of aldehydes is 1. The van der Waals surface area contributed by atoms with E-state index in [9.17, 15) is 9.59 Å². The number of ether oxygens (including phenoxy) is 1. The van der Waals surface area contributed by atoms with Gasteiger partial charge in [-0.1, -0.05) is 0 Å². The van der Waals surface area contributed by atoms with Crippen molar-refractivity contribution in [2.45, 2.75) is 45.3 Å². The minimum Gasteiger partial charge on any atom is -0.443 e. The van der Waals surface area contributed by atoms with Gasteiger partial charge in [0.05, 0.1) is 11.8 Å². The van der Waals surface area contributed by atoms with Crippen LogP contribution in [0.4, 0.5) is 16.4 Å². The van der Waals surface area contributed by atoms with Gasteiger partial charge in [-0.3, -0.25) is 9.69 Å². The van der Waals surface area contributed by atoms with Gasteiger partial charge in [0, 0.05) is 12.1 Å². The zero-order valence-corrected chi connectivity index (χ0v) is 13.9. The second-order valence-corrected chi connectivity index (χ2v) is 6.67. The Morgan fingerprint density at radius 2 is 2.21 bits per heavy atom. The molecule has 0 unspecified atom stereocenters. The Balaban J connectivity index is 2.14. The molecule has 0 saturated heterocycles. The number of carbonyl (C=O) groups is 2. The number of nitrogens with zero attached hydrogens (tertiary/aromatic N) is 5. The zero-order valence-electron chi connectivity index (χ0n) is 13.9. The molecule has 1 aliphatic rings. The molecule has 0 aromatic carbocycles. The highest BCUT2D eigenvalue weighted by molar-refractivity contribution is 5.90. The van der Waals surface area contributed by atoms with Crippen molar-refractivity contribution in [2.75, 3.05) is 4.90 Å². The molecule has 126 valence electrons. The zero-order chi connectivity index (χ0) is 17.5. The maximum atomic E-state index is 12.7. The van der Waals surface area contributed by atoms with Gasteiger partial charge in [-0.25, -0.2) is 14.8 Å². The Bertz CT molecular complexity index is 817. The monoisotopic (exact) mass is 329 g/mol. The third kappa shape index (κ3) is 2.99. The summed E-state index contributed by atoms with van der Waals surface area (Å²) in [6, 6.07) is 1.65. The van der Waals surface area contributed by atoms with Gasteiger partial charge in [0.1, 0.15) is 11.4 Å². The number of hydrogen-bond donors (Lipinski definition) is 0. The van der Waals surface area contributed by atoms with Gasteiger partial charge in [0.2, 0.25) is 0 Å². The van der Waals surface area contributed by atoms with Gasteiger partial charge >= 0.3 is 6.09 Å². The van der Waals surface area contributed by atoms with Crippen molar-refractivity contribution < 1.29 is 14.3 Å². The lowest BCUT2D eigenvalue weighted by atomic mass is 10.2. The first-order valence-electron chi connectivity index (χ1n) is 7.67. The molecule has 0 N–H and O–H groups in total. The number of amides is 1. The third-order valence-corrected chi connectivity index (χ3v) is 3.50. The maximum Gasteiger partial charge on any atom is 0.416 e. The normalized spacial score (nSPS) is 14.5. The summed E-state index contributed by atoms with van der Waals surface area (Å²) in [6.45, 7) is 8.92. The SMILES string of the molecule is C=Nc1cc(N(C(=O)OC(C)(C)C)C2CC2)n2ncc(C=O)c2n1. The van der Waals surface area contributed by atoms with E-state index >= 15 is 0 Å². The van der Waals surface area contributed by atoms with Crippen molar-refractivity contribution in [3.63, 3.8) is 0 Å². The summed E-state index contributed by atoms with van der Waals surface area (Å²) in [4.78, 5) is 33.5. The van der Waals surface area contributed by atoms with Crippen LogP contribution in [-0.2, 0) is 4.74 Å². The Morgan fingerprint density at radius 3 is 2.75 bits per heavy atom. The van der Waals surface area contributed by atoms with Gasteiger partial charge in [0.15, 0.2) is 17.8 Å². The number of aliphatic imine (C=N–C) groups is 1. The average Bonchev–Trinajstić information content (AvgIpc) is 3.24. The molecule has 1 saturated carbocycles. The summed E-state index contributed by atoms with van der Waals surface area (Å²) < 4.78 is 6.98. The van der Waals surface area contributed by atoms with Crippen LogP contribution >= 0.6 is 0 Å². The van der Waals surface area contributed by atoms with E-state index in [4.69, 9.17) is 4.74 Å². The number of anilines is 1. The predicted molar refractivity (Wildman–Crippen MR) is 89.3 cm³/mol. The lowest BCUT2D eigenvalue weighted by Gasteiger charge is -2.27. The van der Waals surface area contributed by atoms with E-state index in [0.717, 1.165) is 12.8 Å². The molecule has 0 aliphatic heterocycles. The molecule has 1 amide bonds. The van der Waals surface area contributed by atoms with Crippen LogP contribution < -0.4 is 4.90 Å². The van der Waals surface area contributed by atoms with Crippen molar-refractivity contribution in [3.8, 4) is 0 Å². The highest BCUT2D eigenvalue weighted by atomic mass is 16.6. The number of carbonyl (C=O) groups excluding carboxylic acids is 2. The highest BCUT2D eigenvalue weighted by Crippen LogP contribution is 2.34.